The minimum atomic E-state index is -2.89. The summed E-state index contributed by atoms with van der Waals surface area (Å²) in [6.45, 7) is 0.718. The van der Waals surface area contributed by atoms with E-state index in [0.29, 0.717) is 25.9 Å². The predicted octanol–water partition coefficient (Wildman–Crippen LogP) is 1.12. The van der Waals surface area contributed by atoms with Crippen LogP contribution in [0, 0.1) is 18.3 Å². The van der Waals surface area contributed by atoms with E-state index < -0.39 is 12.3 Å². The van der Waals surface area contributed by atoms with Crippen LogP contribution in [-0.2, 0) is 4.79 Å². The zero-order chi connectivity index (χ0) is 9.84. The molecule has 2 nitrogen and oxygen atoms in total. The van der Waals surface area contributed by atoms with E-state index in [0.717, 1.165) is 0 Å². The fourth-order valence-electron chi connectivity index (χ4n) is 1.40. The average molecular weight is 187 g/mol. The molecule has 1 rings (SSSR count). The van der Waals surface area contributed by atoms with E-state index in [1.165, 1.54) is 4.90 Å². The molecule has 13 heavy (non-hydrogen) atoms. The van der Waals surface area contributed by atoms with Gasteiger partial charge in [0.25, 0.3) is 5.91 Å². The molecule has 0 atom stereocenters. The molecular weight excluding hydrogens is 176 g/mol. The molecule has 1 aliphatic heterocycles. The summed E-state index contributed by atoms with van der Waals surface area (Å²) in [6.07, 6.45) is 3.56. The van der Waals surface area contributed by atoms with Gasteiger partial charge in [-0.2, -0.15) is 8.78 Å². The van der Waals surface area contributed by atoms with Gasteiger partial charge in [0.1, 0.15) is 0 Å². The minimum absolute atomic E-state index is 0.140. The van der Waals surface area contributed by atoms with Crippen molar-refractivity contribution in [3.63, 3.8) is 0 Å². The van der Waals surface area contributed by atoms with E-state index in [9.17, 15) is 13.6 Å². The molecule has 0 saturated carbocycles. The number of carbonyl (C=O) groups is 1. The van der Waals surface area contributed by atoms with E-state index in [2.05, 4.69) is 5.92 Å². The first-order valence-electron chi connectivity index (χ1n) is 4.18. The summed E-state index contributed by atoms with van der Waals surface area (Å²) in [6, 6.07) is 0. The van der Waals surface area contributed by atoms with E-state index in [1.54, 1.807) is 0 Å². The fourth-order valence-corrected chi connectivity index (χ4v) is 1.40. The van der Waals surface area contributed by atoms with Crippen LogP contribution in [0.4, 0.5) is 8.78 Å². The fraction of sp³-hybridized carbons (Fsp3) is 0.667. The minimum Gasteiger partial charge on any atom is -0.338 e. The lowest BCUT2D eigenvalue weighted by Crippen LogP contribution is -2.41. The topological polar surface area (TPSA) is 20.3 Å². The first-order valence-corrected chi connectivity index (χ1v) is 4.18. The van der Waals surface area contributed by atoms with Gasteiger partial charge in [-0.3, -0.25) is 4.79 Å². The number of hydrogen-bond donors (Lipinski definition) is 0. The van der Waals surface area contributed by atoms with Crippen molar-refractivity contribution in [1.82, 2.24) is 4.90 Å². The van der Waals surface area contributed by atoms with E-state index >= 15 is 0 Å². The third-order valence-electron chi connectivity index (χ3n) is 2.23. The smallest absolute Gasteiger partial charge is 0.315 e. The average Bonchev–Trinajstić information content (AvgIpc) is 2.17. The van der Waals surface area contributed by atoms with Crippen molar-refractivity contribution in [3.05, 3.63) is 0 Å². The van der Waals surface area contributed by atoms with Crippen LogP contribution in [0.15, 0.2) is 0 Å². The van der Waals surface area contributed by atoms with Gasteiger partial charge in [0.2, 0.25) is 0 Å². The van der Waals surface area contributed by atoms with Crippen LogP contribution in [0.1, 0.15) is 12.8 Å². The maximum atomic E-state index is 12.0. The van der Waals surface area contributed by atoms with Crippen molar-refractivity contribution >= 4 is 5.91 Å². The van der Waals surface area contributed by atoms with Crippen LogP contribution in [0.3, 0.4) is 0 Å². The number of hydrogen-bond acceptors (Lipinski definition) is 1. The monoisotopic (exact) mass is 187 g/mol. The predicted molar refractivity (Wildman–Crippen MR) is 44.1 cm³/mol. The number of alkyl halides is 2. The lowest BCUT2D eigenvalue weighted by Gasteiger charge is -2.29. The Bertz CT molecular complexity index is 226. The Morgan fingerprint density at radius 2 is 2.00 bits per heavy atom. The van der Waals surface area contributed by atoms with Crippen LogP contribution in [0.25, 0.3) is 0 Å². The van der Waals surface area contributed by atoms with Crippen molar-refractivity contribution in [2.45, 2.75) is 19.3 Å². The summed E-state index contributed by atoms with van der Waals surface area (Å²) < 4.78 is 23.9. The number of halogens is 2. The van der Waals surface area contributed by atoms with Gasteiger partial charge in [-0.15, -0.1) is 12.3 Å². The summed E-state index contributed by atoms with van der Waals surface area (Å²) in [5, 5.41) is 0. The standard InChI is InChI=1S/C9H11F2NO/c1-2-7-3-5-12(6-4-7)9(13)8(10)11/h1,7-8H,3-6H2. The Morgan fingerprint density at radius 3 is 2.38 bits per heavy atom. The molecule has 0 aromatic heterocycles. The van der Waals surface area contributed by atoms with Gasteiger partial charge < -0.3 is 4.90 Å². The normalized spacial score (nSPS) is 18.8. The van der Waals surface area contributed by atoms with Crippen LogP contribution in [-0.4, -0.2) is 30.3 Å². The zero-order valence-corrected chi connectivity index (χ0v) is 7.17. The summed E-state index contributed by atoms with van der Waals surface area (Å²) in [4.78, 5) is 12.0. The number of nitrogens with zero attached hydrogens (tertiary/aromatic N) is 1. The van der Waals surface area contributed by atoms with Gasteiger partial charge in [-0.1, -0.05) is 0 Å². The summed E-state index contributed by atoms with van der Waals surface area (Å²) >= 11 is 0. The van der Waals surface area contributed by atoms with Crippen molar-refractivity contribution < 1.29 is 13.6 Å². The number of likely N-dealkylation sites (tertiary alicyclic amines) is 1. The molecule has 0 aliphatic carbocycles. The molecule has 0 unspecified atom stereocenters. The maximum Gasteiger partial charge on any atom is 0.315 e. The molecule has 0 bridgehead atoms. The Morgan fingerprint density at radius 1 is 1.46 bits per heavy atom. The SMILES string of the molecule is C#CC1CCN(C(=O)C(F)F)CC1. The van der Waals surface area contributed by atoms with Crippen molar-refractivity contribution in [2.24, 2.45) is 5.92 Å². The number of terminal acetylenes is 1. The Kier molecular flexibility index (Phi) is 3.24. The molecule has 0 aromatic rings. The number of rotatable bonds is 1. The van der Waals surface area contributed by atoms with E-state index in [4.69, 9.17) is 6.42 Å². The summed E-state index contributed by atoms with van der Waals surface area (Å²) in [7, 11) is 0. The van der Waals surface area contributed by atoms with E-state index in [-0.39, 0.29) is 5.92 Å². The molecule has 72 valence electrons. The third kappa shape index (κ3) is 2.41. The maximum absolute atomic E-state index is 12.0. The molecule has 0 radical (unpaired) electrons. The second kappa shape index (κ2) is 4.22. The second-order valence-electron chi connectivity index (χ2n) is 3.07. The molecule has 1 amide bonds. The molecule has 0 N–H and O–H groups in total. The molecule has 4 heteroatoms. The Balaban J connectivity index is 2.42. The Labute approximate surface area is 75.9 Å². The molecule has 1 heterocycles. The molecule has 1 fully saturated rings. The van der Waals surface area contributed by atoms with Gasteiger partial charge in [0, 0.05) is 19.0 Å². The largest absolute Gasteiger partial charge is 0.338 e. The first-order chi connectivity index (χ1) is 6.15. The van der Waals surface area contributed by atoms with Gasteiger partial charge in [-0.05, 0) is 12.8 Å². The van der Waals surface area contributed by atoms with Crippen LogP contribution in [0.2, 0.25) is 0 Å². The summed E-state index contributed by atoms with van der Waals surface area (Å²) in [5.74, 6) is 1.63. The van der Waals surface area contributed by atoms with Crippen LogP contribution < -0.4 is 0 Å². The number of piperidine rings is 1. The number of amides is 1. The van der Waals surface area contributed by atoms with Gasteiger partial charge in [-0.25, -0.2) is 0 Å². The molecule has 1 saturated heterocycles. The zero-order valence-electron chi connectivity index (χ0n) is 7.17. The molecular formula is C9H11F2NO. The van der Waals surface area contributed by atoms with Crippen molar-refractivity contribution in [1.29, 1.82) is 0 Å². The van der Waals surface area contributed by atoms with Gasteiger partial charge in [0.05, 0.1) is 0 Å². The van der Waals surface area contributed by atoms with Gasteiger partial charge in [0.15, 0.2) is 0 Å². The lowest BCUT2D eigenvalue weighted by molar-refractivity contribution is -0.144. The molecule has 0 spiro atoms. The van der Waals surface area contributed by atoms with Crippen LogP contribution in [0.5, 0.6) is 0 Å². The number of carbonyl (C=O) groups excluding carboxylic acids is 1. The van der Waals surface area contributed by atoms with E-state index in [1.807, 2.05) is 0 Å². The second-order valence-corrected chi connectivity index (χ2v) is 3.07. The highest BCUT2D eigenvalue weighted by atomic mass is 19.3. The van der Waals surface area contributed by atoms with Crippen molar-refractivity contribution in [2.75, 3.05) is 13.1 Å². The highest BCUT2D eigenvalue weighted by molar-refractivity contribution is 5.79. The lowest BCUT2D eigenvalue weighted by atomic mass is 9.98. The quantitative estimate of drug-likeness (QED) is 0.563. The first kappa shape index (κ1) is 9.97. The third-order valence-corrected chi connectivity index (χ3v) is 2.23. The highest BCUT2D eigenvalue weighted by Gasteiger charge is 2.26. The van der Waals surface area contributed by atoms with Gasteiger partial charge >= 0.3 is 6.43 Å². The highest BCUT2D eigenvalue weighted by Crippen LogP contribution is 2.17. The molecule has 0 aromatic carbocycles. The summed E-state index contributed by atoms with van der Waals surface area (Å²) in [5.41, 5.74) is 0. The van der Waals surface area contributed by atoms with Crippen LogP contribution >= 0.6 is 0 Å². The molecule has 1 aliphatic rings. The Hall–Kier alpha value is -1.11. The van der Waals surface area contributed by atoms with Crippen molar-refractivity contribution in [3.8, 4) is 12.3 Å².